The Bertz CT molecular complexity index is 920. The van der Waals surface area contributed by atoms with Crippen molar-refractivity contribution < 1.29 is 39.0 Å². The highest BCUT2D eigenvalue weighted by molar-refractivity contribution is 5.95. The quantitative estimate of drug-likeness (QED) is 0.111. The third-order valence-corrected chi connectivity index (χ3v) is 4.73. The maximum atomic E-state index is 13.0. The Hall–Kier alpha value is -4.05. The molecule has 0 saturated carbocycles. The molecular weight excluding hydrogens is 468 g/mol. The third-order valence-electron chi connectivity index (χ3n) is 4.73. The van der Waals surface area contributed by atoms with Crippen molar-refractivity contribution in [2.45, 2.75) is 62.9 Å². The summed E-state index contributed by atoms with van der Waals surface area (Å²) in [5.41, 5.74) is 16.2. The molecule has 1 aromatic heterocycles. The van der Waals surface area contributed by atoms with E-state index in [0.717, 1.165) is 6.92 Å². The van der Waals surface area contributed by atoms with Gasteiger partial charge in [-0.25, -0.2) is 9.78 Å². The Labute approximate surface area is 199 Å². The van der Waals surface area contributed by atoms with E-state index in [1.165, 1.54) is 12.5 Å². The van der Waals surface area contributed by atoms with E-state index in [4.69, 9.17) is 17.2 Å². The molecule has 5 unspecified atom stereocenters. The molecule has 1 rings (SSSR count). The molecule has 5 atom stereocenters. The highest BCUT2D eigenvalue weighted by atomic mass is 16.4. The summed E-state index contributed by atoms with van der Waals surface area (Å²) in [6, 6.07) is -5.81. The predicted octanol–water partition coefficient (Wildman–Crippen LogP) is -4.66. The lowest BCUT2D eigenvalue weighted by Gasteiger charge is -2.25. The number of aromatic nitrogens is 2. The Morgan fingerprint density at radius 1 is 1.00 bits per heavy atom. The molecule has 0 aliphatic heterocycles. The Morgan fingerprint density at radius 3 is 2.09 bits per heavy atom. The third kappa shape index (κ3) is 10.2. The monoisotopic (exact) mass is 498 g/mol. The van der Waals surface area contributed by atoms with Crippen LogP contribution in [0.25, 0.3) is 0 Å². The van der Waals surface area contributed by atoms with E-state index in [0.29, 0.717) is 5.69 Å². The summed E-state index contributed by atoms with van der Waals surface area (Å²) >= 11 is 0. The molecule has 0 radical (unpaired) electrons. The maximum Gasteiger partial charge on any atom is 0.328 e. The van der Waals surface area contributed by atoms with Gasteiger partial charge >= 0.3 is 5.97 Å². The number of carbonyl (C=O) groups is 6. The number of hydrogen-bond donors (Lipinski definition) is 9. The lowest BCUT2D eigenvalue weighted by molar-refractivity contribution is -0.145. The molecule has 5 amide bonds. The second kappa shape index (κ2) is 13.6. The van der Waals surface area contributed by atoms with Gasteiger partial charge in [0.2, 0.25) is 29.5 Å². The van der Waals surface area contributed by atoms with Gasteiger partial charge in [0.1, 0.15) is 12.1 Å². The lowest BCUT2D eigenvalue weighted by Crippen LogP contribution is -2.59. The molecule has 0 fully saturated rings. The first kappa shape index (κ1) is 29.0. The van der Waals surface area contributed by atoms with Crippen molar-refractivity contribution >= 4 is 35.5 Å². The number of nitrogens with zero attached hydrogens (tertiary/aromatic N) is 1. The predicted molar refractivity (Wildman–Crippen MR) is 118 cm³/mol. The van der Waals surface area contributed by atoms with Crippen LogP contribution in [0.15, 0.2) is 12.5 Å². The smallest absolute Gasteiger partial charge is 0.328 e. The van der Waals surface area contributed by atoms with Crippen LogP contribution in [0.4, 0.5) is 0 Å². The van der Waals surface area contributed by atoms with Gasteiger partial charge in [-0.15, -0.1) is 0 Å². The molecule has 1 aromatic rings. The molecule has 0 aromatic carbocycles. The average Bonchev–Trinajstić information content (AvgIpc) is 3.26. The fraction of sp³-hybridized carbons (Fsp3) is 0.526. The first-order valence-corrected chi connectivity index (χ1v) is 10.4. The average molecular weight is 498 g/mol. The number of aliphatic hydroxyl groups is 1. The standard InChI is InChI=1S/C19H30N8O8/c1-8(28)15(19(34)35)27-17(32)11(2-3-13(21)29)25-18(33)12(4-9-6-23-7-24-9)26-16(31)10(20)5-14(22)30/h6-8,10-12,15,28H,2-5,20H2,1H3,(H2,21,29)(H2,22,30)(H,23,24)(H,25,33)(H,26,31)(H,27,32)(H,34,35). The molecule has 0 spiro atoms. The van der Waals surface area contributed by atoms with Crippen LogP contribution < -0.4 is 33.2 Å². The minimum atomic E-state index is -1.69. The molecule has 0 aliphatic rings. The summed E-state index contributed by atoms with van der Waals surface area (Å²) in [6.07, 6.45) is -0.0107. The van der Waals surface area contributed by atoms with Crippen LogP contribution in [0.1, 0.15) is 31.9 Å². The number of primary amides is 2. The summed E-state index contributed by atoms with van der Waals surface area (Å²) in [5, 5.41) is 25.6. The van der Waals surface area contributed by atoms with Gasteiger partial charge in [0.25, 0.3) is 0 Å². The molecule has 0 aliphatic carbocycles. The van der Waals surface area contributed by atoms with E-state index in [1.807, 2.05) is 0 Å². The van der Waals surface area contributed by atoms with Crippen molar-refractivity contribution in [3.8, 4) is 0 Å². The van der Waals surface area contributed by atoms with Crippen molar-refractivity contribution in [1.82, 2.24) is 25.9 Å². The number of nitrogens with one attached hydrogen (secondary N) is 4. The Morgan fingerprint density at radius 2 is 1.60 bits per heavy atom. The largest absolute Gasteiger partial charge is 0.480 e. The Kier molecular flexibility index (Phi) is 11.3. The topological polar surface area (TPSA) is 286 Å². The molecule has 1 heterocycles. The van der Waals surface area contributed by atoms with Crippen molar-refractivity contribution in [2.24, 2.45) is 17.2 Å². The van der Waals surface area contributed by atoms with Crippen LogP contribution in [-0.4, -0.2) is 86.0 Å². The number of carbonyl (C=O) groups excluding carboxylic acids is 5. The molecule has 0 saturated heterocycles. The SMILES string of the molecule is CC(O)C(NC(=O)C(CCC(N)=O)NC(=O)C(Cc1cnc[nH]1)NC(=O)C(N)CC(N)=O)C(=O)O. The van der Waals surface area contributed by atoms with Crippen LogP contribution in [0.5, 0.6) is 0 Å². The Balaban J connectivity index is 3.09. The number of carboxylic acids is 1. The number of nitrogens with two attached hydrogens (primary N) is 3. The first-order chi connectivity index (χ1) is 16.3. The van der Waals surface area contributed by atoms with Gasteiger partial charge in [-0.05, 0) is 13.3 Å². The van der Waals surface area contributed by atoms with Crippen molar-refractivity contribution in [3.05, 3.63) is 18.2 Å². The highest BCUT2D eigenvalue weighted by Gasteiger charge is 2.32. The van der Waals surface area contributed by atoms with Gasteiger partial charge in [0.05, 0.1) is 24.9 Å². The molecule has 12 N–H and O–H groups in total. The minimum Gasteiger partial charge on any atom is -0.480 e. The maximum absolute atomic E-state index is 13.0. The molecule has 0 bridgehead atoms. The summed E-state index contributed by atoms with van der Waals surface area (Å²) in [4.78, 5) is 78.2. The number of imidazole rings is 1. The second-order valence-electron chi connectivity index (χ2n) is 7.75. The van der Waals surface area contributed by atoms with E-state index in [9.17, 15) is 39.0 Å². The van der Waals surface area contributed by atoms with Gasteiger partial charge in [-0.2, -0.15) is 0 Å². The van der Waals surface area contributed by atoms with E-state index < -0.39 is 72.2 Å². The molecule has 16 nitrogen and oxygen atoms in total. The number of aliphatic hydroxyl groups excluding tert-OH is 1. The number of aliphatic carboxylic acids is 1. The molecule has 35 heavy (non-hydrogen) atoms. The van der Waals surface area contributed by atoms with Gasteiger partial charge in [0, 0.05) is 24.7 Å². The van der Waals surface area contributed by atoms with Crippen molar-refractivity contribution in [3.63, 3.8) is 0 Å². The molecular formula is C19H30N8O8. The van der Waals surface area contributed by atoms with E-state index in [-0.39, 0.29) is 19.3 Å². The normalized spacial score (nSPS) is 15.1. The van der Waals surface area contributed by atoms with E-state index >= 15 is 0 Å². The molecule has 194 valence electrons. The lowest BCUT2D eigenvalue weighted by atomic mass is 10.1. The molecule has 16 heteroatoms. The van der Waals surface area contributed by atoms with Crippen molar-refractivity contribution in [1.29, 1.82) is 0 Å². The zero-order valence-corrected chi connectivity index (χ0v) is 18.9. The number of hydrogen-bond acceptors (Lipinski definition) is 9. The highest BCUT2D eigenvalue weighted by Crippen LogP contribution is 2.05. The second-order valence-corrected chi connectivity index (χ2v) is 7.75. The number of carboxylic acid groups (broad SMARTS) is 1. The van der Waals surface area contributed by atoms with Gasteiger partial charge < -0.3 is 48.3 Å². The van der Waals surface area contributed by atoms with Crippen LogP contribution in [0, 0.1) is 0 Å². The number of H-pyrrole nitrogens is 1. The van der Waals surface area contributed by atoms with Gasteiger partial charge in [-0.3, -0.25) is 24.0 Å². The van der Waals surface area contributed by atoms with E-state index in [1.54, 1.807) is 0 Å². The van der Waals surface area contributed by atoms with E-state index in [2.05, 4.69) is 25.9 Å². The fourth-order valence-electron chi connectivity index (χ4n) is 2.88. The van der Waals surface area contributed by atoms with Gasteiger partial charge in [-0.1, -0.05) is 0 Å². The summed E-state index contributed by atoms with van der Waals surface area (Å²) in [7, 11) is 0. The zero-order valence-electron chi connectivity index (χ0n) is 18.9. The number of amides is 5. The van der Waals surface area contributed by atoms with Crippen molar-refractivity contribution in [2.75, 3.05) is 0 Å². The summed E-state index contributed by atoms with van der Waals surface area (Å²) in [6.45, 7) is 1.14. The van der Waals surface area contributed by atoms with Crippen LogP contribution in [-0.2, 0) is 35.2 Å². The minimum absolute atomic E-state index is 0.129. The zero-order chi connectivity index (χ0) is 26.7. The van der Waals surface area contributed by atoms with Crippen LogP contribution in [0.2, 0.25) is 0 Å². The first-order valence-electron chi connectivity index (χ1n) is 10.4. The summed E-state index contributed by atoms with van der Waals surface area (Å²) in [5.74, 6) is -5.93. The fourth-order valence-corrected chi connectivity index (χ4v) is 2.88. The van der Waals surface area contributed by atoms with Gasteiger partial charge in [0.15, 0.2) is 6.04 Å². The summed E-state index contributed by atoms with van der Waals surface area (Å²) < 4.78 is 0. The number of aromatic amines is 1. The number of rotatable bonds is 15. The van der Waals surface area contributed by atoms with Crippen LogP contribution in [0.3, 0.4) is 0 Å². The van der Waals surface area contributed by atoms with Crippen LogP contribution >= 0.6 is 0 Å².